The number of hydrogen-bond acceptors (Lipinski definition) is 15. The van der Waals surface area contributed by atoms with Crippen molar-refractivity contribution in [1.29, 1.82) is 0 Å². The van der Waals surface area contributed by atoms with E-state index >= 15 is 0 Å². The number of hydrogen-bond donors (Lipinski definition) is 1. The lowest BCUT2D eigenvalue weighted by atomic mass is 9.80. The van der Waals surface area contributed by atoms with Gasteiger partial charge in [-0.05, 0) is 68.7 Å². The SMILES string of the molecule is COCCOCCOCCO[C@@H]1CSSC[C@H]1OP(O[C@H]1C[C@H](n2ccc(=O)[nH]c2=O)O[C@@H]1COC(c1ccccc1)(c1ccc(OC)cc1)c1ccc(OC)cc1)N(C(C)C)C(C)C. The van der Waals surface area contributed by atoms with E-state index in [2.05, 4.69) is 37.3 Å². The molecular weight excluding hydrogens is 894 g/mol. The van der Waals surface area contributed by atoms with E-state index in [1.165, 1.54) is 16.8 Å². The van der Waals surface area contributed by atoms with E-state index in [4.69, 9.17) is 46.9 Å². The van der Waals surface area contributed by atoms with Crippen molar-refractivity contribution < 1.29 is 46.9 Å². The van der Waals surface area contributed by atoms with Crippen LogP contribution in [0.25, 0.3) is 0 Å². The molecular formula is C47H64N3O12PS2. The maximum Gasteiger partial charge on any atom is 0.330 e. The third-order valence-electron chi connectivity index (χ3n) is 11.0. The Bertz CT molecular complexity index is 2060. The van der Waals surface area contributed by atoms with Crippen LogP contribution in [0.1, 0.15) is 57.0 Å². The number of rotatable bonds is 26. The number of benzene rings is 3. The van der Waals surface area contributed by atoms with E-state index in [0.29, 0.717) is 56.9 Å². The van der Waals surface area contributed by atoms with Crippen molar-refractivity contribution in [3.63, 3.8) is 0 Å². The normalized spacial score (nSPS) is 20.7. The molecule has 356 valence electrons. The molecule has 3 aromatic carbocycles. The topological polar surface area (TPSA) is 150 Å². The van der Waals surface area contributed by atoms with E-state index < -0.39 is 43.8 Å². The van der Waals surface area contributed by atoms with Gasteiger partial charge >= 0.3 is 5.69 Å². The van der Waals surface area contributed by atoms with Crippen LogP contribution in [-0.2, 0) is 43.1 Å². The third-order valence-corrected chi connectivity index (χ3v) is 15.6. The van der Waals surface area contributed by atoms with Gasteiger partial charge in [0.25, 0.3) is 14.1 Å². The van der Waals surface area contributed by atoms with Gasteiger partial charge < -0.3 is 46.9 Å². The highest BCUT2D eigenvalue weighted by molar-refractivity contribution is 8.76. The largest absolute Gasteiger partial charge is 0.497 e. The summed E-state index contributed by atoms with van der Waals surface area (Å²) in [6.07, 6.45) is -0.851. The summed E-state index contributed by atoms with van der Waals surface area (Å²) in [5.74, 6) is 2.84. The molecule has 2 aliphatic rings. The summed E-state index contributed by atoms with van der Waals surface area (Å²) in [6.45, 7) is 11.4. The molecule has 0 bridgehead atoms. The molecule has 15 nitrogen and oxygen atoms in total. The zero-order valence-electron chi connectivity index (χ0n) is 38.3. The molecule has 2 saturated heterocycles. The van der Waals surface area contributed by atoms with Gasteiger partial charge in [-0.1, -0.05) is 76.2 Å². The van der Waals surface area contributed by atoms with Crippen molar-refractivity contribution in [2.75, 3.05) is 79.1 Å². The molecule has 0 aliphatic carbocycles. The first kappa shape index (κ1) is 51.1. The number of aromatic nitrogens is 2. The van der Waals surface area contributed by atoms with Crippen molar-refractivity contribution in [2.45, 2.75) is 82.4 Å². The number of methoxy groups -OCH3 is 3. The molecule has 4 aromatic rings. The van der Waals surface area contributed by atoms with E-state index in [1.807, 2.05) is 78.9 Å². The van der Waals surface area contributed by atoms with Gasteiger partial charge in [0.05, 0.1) is 72.7 Å². The zero-order chi connectivity index (χ0) is 46.2. The fourth-order valence-corrected chi connectivity index (χ4v) is 12.3. The quantitative estimate of drug-likeness (QED) is 0.0288. The van der Waals surface area contributed by atoms with Crippen LogP contribution in [0.5, 0.6) is 11.5 Å². The molecule has 6 rings (SSSR count). The standard InChI is InChI=1S/C47H64N3O12PS2/c1-33(2)50(34(3)4)63(62-43-32-65-64-31-42(43)58-28-27-57-26-25-56-24-23-53-5)61-40-29-45(49-22-21-44(51)48-46(49)52)60-41(40)30-59-47(35-11-9-8-10-12-35,36-13-17-38(54-6)18-14-36)37-15-19-39(55-7)20-16-37/h8-22,33-34,40-43,45H,23-32H2,1-7H3,(H,48,51,52)/t40-,41+,42+,43+,45+,63?/m0/s1. The van der Waals surface area contributed by atoms with Gasteiger partial charge in [0.15, 0.2) is 0 Å². The molecule has 1 unspecified atom stereocenters. The second kappa shape index (κ2) is 25.7. The lowest BCUT2D eigenvalue weighted by molar-refractivity contribution is -0.0938. The van der Waals surface area contributed by atoms with Gasteiger partial charge in [0.1, 0.15) is 35.5 Å². The molecule has 1 aromatic heterocycles. The zero-order valence-corrected chi connectivity index (χ0v) is 40.9. The van der Waals surface area contributed by atoms with Crippen molar-refractivity contribution >= 4 is 30.1 Å². The van der Waals surface area contributed by atoms with Crippen LogP contribution in [0.15, 0.2) is 101 Å². The average Bonchev–Trinajstić information content (AvgIpc) is 3.71. The van der Waals surface area contributed by atoms with Crippen LogP contribution >= 0.6 is 30.1 Å². The Kier molecular flexibility index (Phi) is 20.2. The van der Waals surface area contributed by atoms with Crippen LogP contribution < -0.4 is 20.7 Å². The minimum Gasteiger partial charge on any atom is -0.497 e. The molecule has 2 fully saturated rings. The molecule has 0 radical (unpaired) electrons. The van der Waals surface area contributed by atoms with Gasteiger partial charge in [-0.15, -0.1) is 0 Å². The van der Waals surface area contributed by atoms with Gasteiger partial charge in [-0.2, -0.15) is 0 Å². The van der Waals surface area contributed by atoms with E-state index in [9.17, 15) is 9.59 Å². The molecule has 1 N–H and O–H groups in total. The van der Waals surface area contributed by atoms with E-state index in [1.54, 1.807) is 42.9 Å². The van der Waals surface area contributed by atoms with Crippen LogP contribution in [0.2, 0.25) is 0 Å². The van der Waals surface area contributed by atoms with Gasteiger partial charge in [0.2, 0.25) is 0 Å². The molecule has 2 aliphatic heterocycles. The van der Waals surface area contributed by atoms with Crippen molar-refractivity contribution in [1.82, 2.24) is 14.2 Å². The Labute approximate surface area is 391 Å². The summed E-state index contributed by atoms with van der Waals surface area (Å²) < 4.78 is 66.1. The second-order valence-corrected chi connectivity index (χ2v) is 19.9. The summed E-state index contributed by atoms with van der Waals surface area (Å²) in [4.78, 5) is 27.9. The fraction of sp³-hybridized carbons (Fsp3) is 0.532. The fourth-order valence-electron chi connectivity index (χ4n) is 7.83. The monoisotopic (exact) mass is 957 g/mol. The minimum absolute atomic E-state index is 0.0395. The Morgan fingerprint density at radius 2 is 1.28 bits per heavy atom. The van der Waals surface area contributed by atoms with Crippen LogP contribution in [0.3, 0.4) is 0 Å². The van der Waals surface area contributed by atoms with Crippen LogP contribution in [0.4, 0.5) is 0 Å². The van der Waals surface area contributed by atoms with E-state index in [-0.39, 0.29) is 37.3 Å². The van der Waals surface area contributed by atoms with Crippen molar-refractivity contribution in [3.8, 4) is 11.5 Å². The molecule has 0 amide bonds. The van der Waals surface area contributed by atoms with Gasteiger partial charge in [-0.3, -0.25) is 14.3 Å². The Balaban J connectivity index is 1.32. The van der Waals surface area contributed by atoms with E-state index in [0.717, 1.165) is 22.4 Å². The van der Waals surface area contributed by atoms with Crippen molar-refractivity contribution in [2.24, 2.45) is 0 Å². The summed E-state index contributed by atoms with van der Waals surface area (Å²) in [5, 5.41) is 0. The average molecular weight is 958 g/mol. The summed E-state index contributed by atoms with van der Waals surface area (Å²) >= 11 is 0. The number of H-pyrrole nitrogens is 1. The van der Waals surface area contributed by atoms with Gasteiger partial charge in [0, 0.05) is 49.4 Å². The van der Waals surface area contributed by atoms with Crippen LogP contribution in [0, 0.1) is 0 Å². The smallest absolute Gasteiger partial charge is 0.330 e. The first-order valence-electron chi connectivity index (χ1n) is 22.0. The third kappa shape index (κ3) is 13.7. The molecule has 0 saturated carbocycles. The predicted octanol–water partition coefficient (Wildman–Crippen LogP) is 7.43. The summed E-state index contributed by atoms with van der Waals surface area (Å²) in [5.41, 5.74) is 0.371. The van der Waals surface area contributed by atoms with Gasteiger partial charge in [-0.25, -0.2) is 9.46 Å². The number of nitrogens with zero attached hydrogens (tertiary/aromatic N) is 2. The summed E-state index contributed by atoms with van der Waals surface area (Å²) in [7, 11) is 6.69. The lowest BCUT2D eigenvalue weighted by Crippen LogP contribution is -2.42. The maximum atomic E-state index is 13.3. The minimum atomic E-state index is -1.74. The number of nitrogens with one attached hydrogen (secondary N) is 1. The highest BCUT2D eigenvalue weighted by Gasteiger charge is 2.46. The molecule has 18 heteroatoms. The first-order valence-corrected chi connectivity index (χ1v) is 25.6. The molecule has 3 heterocycles. The Morgan fingerprint density at radius 1 is 0.723 bits per heavy atom. The molecule has 6 atom stereocenters. The first-order chi connectivity index (χ1) is 31.6. The Hall–Kier alpha value is -3.29. The highest BCUT2D eigenvalue weighted by atomic mass is 33.1. The number of ether oxygens (including phenoxy) is 8. The molecule has 0 spiro atoms. The highest BCUT2D eigenvalue weighted by Crippen LogP contribution is 2.53. The second-order valence-electron chi connectivity index (χ2n) is 16.0. The van der Waals surface area contributed by atoms with Crippen LogP contribution in [-0.4, -0.2) is 130 Å². The molecule has 65 heavy (non-hydrogen) atoms. The lowest BCUT2D eigenvalue weighted by Gasteiger charge is -2.41. The summed E-state index contributed by atoms with van der Waals surface area (Å²) in [6, 6.07) is 27.1. The van der Waals surface area contributed by atoms with Crippen molar-refractivity contribution in [3.05, 3.63) is 129 Å². The maximum absolute atomic E-state index is 13.3. The number of aromatic amines is 1. The Morgan fingerprint density at radius 3 is 1.85 bits per heavy atom. The predicted molar refractivity (Wildman–Crippen MR) is 255 cm³/mol.